The minimum atomic E-state index is -0.543. The second kappa shape index (κ2) is 10.3. The number of nitro groups is 1. The van der Waals surface area contributed by atoms with E-state index in [1.165, 1.54) is 25.3 Å². The van der Waals surface area contributed by atoms with Gasteiger partial charge in [0, 0.05) is 44.4 Å². The summed E-state index contributed by atoms with van der Waals surface area (Å²) in [6.07, 6.45) is 1.72. The molecule has 1 unspecified atom stereocenters. The number of amides is 2. The van der Waals surface area contributed by atoms with Crippen LogP contribution in [0.25, 0.3) is 0 Å². The molecule has 3 rings (SSSR count). The molecule has 1 aromatic rings. The average Bonchev–Trinajstić information content (AvgIpc) is 2.72. The molecule has 2 saturated heterocycles. The van der Waals surface area contributed by atoms with Crippen LogP contribution in [-0.2, 0) is 9.59 Å². The first-order chi connectivity index (χ1) is 13.5. The van der Waals surface area contributed by atoms with E-state index >= 15 is 0 Å². The van der Waals surface area contributed by atoms with Crippen LogP contribution in [0.4, 0.5) is 5.69 Å². The molecule has 2 fully saturated rings. The number of carbonyl (C=O) groups is 2. The maximum absolute atomic E-state index is 12.6. The van der Waals surface area contributed by atoms with Crippen molar-refractivity contribution in [3.8, 4) is 11.5 Å². The molecule has 1 N–H and O–H groups in total. The Morgan fingerprint density at radius 1 is 1.38 bits per heavy atom. The van der Waals surface area contributed by atoms with E-state index in [0.29, 0.717) is 31.9 Å². The van der Waals surface area contributed by atoms with Gasteiger partial charge in [-0.15, -0.1) is 12.4 Å². The van der Waals surface area contributed by atoms with Gasteiger partial charge in [0.05, 0.1) is 18.6 Å². The van der Waals surface area contributed by atoms with Gasteiger partial charge in [-0.1, -0.05) is 0 Å². The number of benzene rings is 1. The summed E-state index contributed by atoms with van der Waals surface area (Å²) in [5.74, 6) is 0.288. The third kappa shape index (κ3) is 5.48. The normalized spacial score (nSPS) is 19.3. The van der Waals surface area contributed by atoms with Gasteiger partial charge in [-0.25, -0.2) is 0 Å². The molecule has 1 atom stereocenters. The van der Waals surface area contributed by atoms with E-state index in [9.17, 15) is 19.7 Å². The molecular formula is C18H25ClN4O6. The van der Waals surface area contributed by atoms with Gasteiger partial charge in [0.1, 0.15) is 5.75 Å². The molecule has 0 aliphatic carbocycles. The number of piperidine rings is 1. The number of nitro benzene ring substituents is 1. The van der Waals surface area contributed by atoms with Crippen molar-refractivity contribution in [1.82, 2.24) is 15.1 Å². The molecule has 0 saturated carbocycles. The molecule has 10 nitrogen and oxygen atoms in total. The zero-order valence-corrected chi connectivity index (χ0v) is 17.0. The fourth-order valence-corrected chi connectivity index (χ4v) is 3.58. The lowest BCUT2D eigenvalue weighted by atomic mass is 10.0. The first kappa shape index (κ1) is 22.7. The molecule has 0 radical (unpaired) electrons. The predicted molar refractivity (Wildman–Crippen MR) is 107 cm³/mol. The Kier molecular flexibility index (Phi) is 8.03. The van der Waals surface area contributed by atoms with E-state index < -0.39 is 4.92 Å². The summed E-state index contributed by atoms with van der Waals surface area (Å²) >= 11 is 0. The minimum Gasteiger partial charge on any atom is -0.490 e. The van der Waals surface area contributed by atoms with Crippen molar-refractivity contribution < 1.29 is 24.0 Å². The van der Waals surface area contributed by atoms with Crippen molar-refractivity contribution in [2.45, 2.75) is 18.9 Å². The second-order valence-electron chi connectivity index (χ2n) is 6.78. The van der Waals surface area contributed by atoms with Crippen molar-refractivity contribution >= 4 is 29.9 Å². The summed E-state index contributed by atoms with van der Waals surface area (Å²) in [5.41, 5.74) is -0.166. The summed E-state index contributed by atoms with van der Waals surface area (Å²) in [6.45, 7) is 2.71. The van der Waals surface area contributed by atoms with Gasteiger partial charge < -0.3 is 24.6 Å². The van der Waals surface area contributed by atoms with Gasteiger partial charge in [0.2, 0.25) is 11.7 Å². The summed E-state index contributed by atoms with van der Waals surface area (Å²) in [4.78, 5) is 38.6. The number of piperazine rings is 1. The number of nitrogens with one attached hydrogen (secondary N) is 1. The number of methoxy groups -OCH3 is 1. The average molecular weight is 429 g/mol. The SMILES string of the molecule is COc1cc(OCC(=O)N2CCCC(N3CCNCC3=O)C2)ccc1[N+](=O)[O-].Cl. The van der Waals surface area contributed by atoms with Gasteiger partial charge in [0.25, 0.3) is 5.91 Å². The van der Waals surface area contributed by atoms with Crippen LogP contribution in [0.1, 0.15) is 12.8 Å². The molecule has 0 bridgehead atoms. The quantitative estimate of drug-likeness (QED) is 0.527. The Hall–Kier alpha value is -2.59. The number of hydrogen-bond donors (Lipinski definition) is 1. The molecule has 0 spiro atoms. The topological polar surface area (TPSA) is 114 Å². The number of likely N-dealkylation sites (tertiary alicyclic amines) is 1. The molecule has 2 heterocycles. The van der Waals surface area contributed by atoms with Gasteiger partial charge >= 0.3 is 5.69 Å². The molecule has 2 aliphatic heterocycles. The highest BCUT2D eigenvalue weighted by molar-refractivity contribution is 5.85. The number of halogens is 1. The Balaban J connectivity index is 0.00000300. The molecule has 2 amide bonds. The van der Waals surface area contributed by atoms with Crippen molar-refractivity contribution in [2.24, 2.45) is 0 Å². The highest BCUT2D eigenvalue weighted by atomic mass is 35.5. The molecular weight excluding hydrogens is 404 g/mol. The maximum atomic E-state index is 12.6. The summed E-state index contributed by atoms with van der Waals surface area (Å²) in [7, 11) is 1.34. The van der Waals surface area contributed by atoms with Gasteiger partial charge in [-0.3, -0.25) is 19.7 Å². The lowest BCUT2D eigenvalue weighted by Gasteiger charge is -2.41. The first-order valence-corrected chi connectivity index (χ1v) is 9.23. The Labute approximate surface area is 174 Å². The maximum Gasteiger partial charge on any atom is 0.311 e. The van der Waals surface area contributed by atoms with Crippen LogP contribution in [0.2, 0.25) is 0 Å². The lowest BCUT2D eigenvalue weighted by Crippen LogP contribution is -2.57. The van der Waals surface area contributed by atoms with E-state index in [1.54, 1.807) is 4.90 Å². The number of nitrogens with zero attached hydrogens (tertiary/aromatic N) is 3. The fraction of sp³-hybridized carbons (Fsp3) is 0.556. The second-order valence-corrected chi connectivity index (χ2v) is 6.78. The van der Waals surface area contributed by atoms with Crippen molar-refractivity contribution in [2.75, 3.05) is 46.4 Å². The number of carbonyl (C=O) groups excluding carboxylic acids is 2. The van der Waals surface area contributed by atoms with Crippen LogP contribution < -0.4 is 14.8 Å². The van der Waals surface area contributed by atoms with Crippen LogP contribution in [0.5, 0.6) is 11.5 Å². The number of ether oxygens (including phenoxy) is 2. The first-order valence-electron chi connectivity index (χ1n) is 9.23. The molecule has 11 heteroatoms. The Bertz CT molecular complexity index is 762. The summed E-state index contributed by atoms with van der Waals surface area (Å²) < 4.78 is 10.5. The largest absolute Gasteiger partial charge is 0.490 e. The van der Waals surface area contributed by atoms with Crippen molar-refractivity contribution in [3.63, 3.8) is 0 Å². The number of rotatable bonds is 6. The zero-order chi connectivity index (χ0) is 20.1. The Morgan fingerprint density at radius 2 is 2.17 bits per heavy atom. The van der Waals surface area contributed by atoms with E-state index in [-0.39, 0.29) is 48.3 Å². The highest BCUT2D eigenvalue weighted by Gasteiger charge is 2.31. The Morgan fingerprint density at radius 3 is 2.86 bits per heavy atom. The van der Waals surface area contributed by atoms with E-state index in [4.69, 9.17) is 9.47 Å². The van der Waals surface area contributed by atoms with Crippen LogP contribution in [0.15, 0.2) is 18.2 Å². The molecule has 1 aromatic carbocycles. The van der Waals surface area contributed by atoms with Crippen molar-refractivity contribution in [3.05, 3.63) is 28.3 Å². The van der Waals surface area contributed by atoms with E-state index in [1.807, 2.05) is 4.90 Å². The van der Waals surface area contributed by atoms with Crippen LogP contribution >= 0.6 is 12.4 Å². The van der Waals surface area contributed by atoms with Crippen LogP contribution in [-0.4, -0.2) is 79.0 Å². The third-order valence-electron chi connectivity index (χ3n) is 5.03. The number of hydrogen-bond acceptors (Lipinski definition) is 7. The lowest BCUT2D eigenvalue weighted by molar-refractivity contribution is -0.385. The standard InChI is InChI=1S/C18H24N4O6.ClH/c1-27-16-9-14(4-5-15(16)22(25)26)28-12-18(24)20-7-2-3-13(11-20)21-8-6-19-10-17(21)23;/h4-5,9,13,19H,2-3,6-8,10-12H2,1H3;1H. The third-order valence-corrected chi connectivity index (χ3v) is 5.03. The zero-order valence-electron chi connectivity index (χ0n) is 16.2. The molecule has 29 heavy (non-hydrogen) atoms. The van der Waals surface area contributed by atoms with Crippen molar-refractivity contribution in [1.29, 1.82) is 0 Å². The van der Waals surface area contributed by atoms with Gasteiger partial charge in [-0.05, 0) is 18.9 Å². The molecule has 2 aliphatic rings. The van der Waals surface area contributed by atoms with Crippen LogP contribution in [0, 0.1) is 10.1 Å². The molecule has 0 aromatic heterocycles. The predicted octanol–water partition coefficient (Wildman–Crippen LogP) is 0.827. The van der Waals surface area contributed by atoms with Gasteiger partial charge in [-0.2, -0.15) is 0 Å². The van der Waals surface area contributed by atoms with Crippen LogP contribution in [0.3, 0.4) is 0 Å². The smallest absolute Gasteiger partial charge is 0.311 e. The molecule has 160 valence electrons. The van der Waals surface area contributed by atoms with Gasteiger partial charge in [0.15, 0.2) is 6.61 Å². The highest BCUT2D eigenvalue weighted by Crippen LogP contribution is 2.30. The summed E-state index contributed by atoms with van der Waals surface area (Å²) in [6, 6.07) is 4.15. The summed E-state index contributed by atoms with van der Waals surface area (Å²) in [5, 5.41) is 14.0. The van der Waals surface area contributed by atoms with E-state index in [2.05, 4.69) is 5.32 Å². The van der Waals surface area contributed by atoms with E-state index in [0.717, 1.165) is 19.4 Å². The minimum absolute atomic E-state index is 0. The fourth-order valence-electron chi connectivity index (χ4n) is 3.58. The monoisotopic (exact) mass is 428 g/mol.